The van der Waals surface area contributed by atoms with Gasteiger partial charge >= 0.3 is 0 Å². The summed E-state index contributed by atoms with van der Waals surface area (Å²) in [5, 5.41) is 0. The Bertz CT molecular complexity index is 254. The van der Waals surface area contributed by atoms with E-state index in [0.717, 1.165) is 6.42 Å². The zero-order valence-electron chi connectivity index (χ0n) is 7.97. The zero-order chi connectivity index (χ0) is 8.65. The Morgan fingerprint density at radius 1 is 1.06 bits per heavy atom. The summed E-state index contributed by atoms with van der Waals surface area (Å²) < 4.78 is 11.7. The van der Waals surface area contributed by atoms with Crippen LogP contribution in [0.4, 0.5) is 4.39 Å². The molecule has 0 aromatic carbocycles. The van der Waals surface area contributed by atoms with Crippen molar-refractivity contribution in [3.05, 3.63) is 54.6 Å². The molecule has 1 nitrogen and oxygen atoms in total. The summed E-state index contributed by atoms with van der Waals surface area (Å²) in [6, 6.07) is 5.72. The molecule has 0 fully saturated rings. The van der Waals surface area contributed by atoms with Crippen LogP contribution in [-0.2, 0) is 26.2 Å². The van der Waals surface area contributed by atoms with E-state index in [-0.39, 0.29) is 67.8 Å². The van der Waals surface area contributed by atoms with Crippen LogP contribution in [0, 0.1) is 0 Å². The van der Waals surface area contributed by atoms with Crippen molar-refractivity contribution in [1.82, 2.24) is 4.98 Å². The minimum absolute atomic E-state index is 0. The quantitative estimate of drug-likeness (QED) is 0.648. The molecule has 0 bridgehead atoms. The van der Waals surface area contributed by atoms with Crippen molar-refractivity contribution in [2.75, 3.05) is 0 Å². The number of pyridine rings is 1. The summed E-state index contributed by atoms with van der Waals surface area (Å²) in [5.74, 6) is -0.102. The number of aromatic nitrogens is 1. The predicted molar refractivity (Wildman–Crippen MR) is 73.0 cm³/mol. The standard InChI is InChI=1S/C5H5F.C5H5N.2ClH.H4Si.Zr/c6-5-3-1-2-4-5;1-2-4-6-5-3-1;;;;/h1,3-4H,2H2;1-5H;2*1H;1H4;. The molecule has 2 rings (SSSR count). The first-order chi connectivity index (χ1) is 5.89. The molecule has 1 aromatic heterocycles. The predicted octanol–water partition coefficient (Wildman–Crippen LogP) is 2.27. The van der Waals surface area contributed by atoms with Crippen molar-refractivity contribution >= 4 is 35.8 Å². The van der Waals surface area contributed by atoms with E-state index in [1.165, 1.54) is 6.08 Å². The van der Waals surface area contributed by atoms with E-state index >= 15 is 0 Å². The van der Waals surface area contributed by atoms with Crippen LogP contribution in [0.2, 0.25) is 0 Å². The molecule has 0 aliphatic heterocycles. The van der Waals surface area contributed by atoms with E-state index < -0.39 is 0 Å². The second kappa shape index (κ2) is 17.6. The number of nitrogens with zero attached hydrogens (tertiary/aromatic N) is 1. The Morgan fingerprint density at radius 2 is 1.62 bits per heavy atom. The summed E-state index contributed by atoms with van der Waals surface area (Å²) in [6.07, 6.45) is 9.07. The fourth-order valence-electron chi connectivity index (χ4n) is 0.742. The molecular weight excluding hydrogens is 343 g/mol. The van der Waals surface area contributed by atoms with Gasteiger partial charge in [0.15, 0.2) is 0 Å². The monoisotopic (exact) mass is 357 g/mol. The molecule has 1 heterocycles. The molecule has 1 aliphatic carbocycles. The van der Waals surface area contributed by atoms with Crippen LogP contribution in [0.1, 0.15) is 6.42 Å². The maximum atomic E-state index is 11.7. The summed E-state index contributed by atoms with van der Waals surface area (Å²) in [7, 11) is 0. The van der Waals surface area contributed by atoms with Crippen molar-refractivity contribution in [2.45, 2.75) is 6.42 Å². The molecule has 1 aliphatic rings. The van der Waals surface area contributed by atoms with Crippen LogP contribution >= 0.6 is 24.8 Å². The molecule has 0 radical (unpaired) electrons. The number of rotatable bonds is 0. The fourth-order valence-corrected chi connectivity index (χ4v) is 0.742. The van der Waals surface area contributed by atoms with Crippen molar-refractivity contribution in [2.24, 2.45) is 0 Å². The first kappa shape index (κ1) is 25.2. The molecule has 0 amide bonds. The minimum Gasteiger partial charge on any atom is -0.265 e. The van der Waals surface area contributed by atoms with Crippen LogP contribution < -0.4 is 0 Å². The second-order valence-electron chi connectivity index (χ2n) is 2.25. The first-order valence-electron chi connectivity index (χ1n) is 3.77. The van der Waals surface area contributed by atoms with E-state index in [9.17, 15) is 4.39 Å². The van der Waals surface area contributed by atoms with Crippen molar-refractivity contribution in [3.63, 3.8) is 0 Å². The third kappa shape index (κ3) is 14.2. The van der Waals surface area contributed by atoms with Crippen LogP contribution in [0.15, 0.2) is 54.6 Å². The van der Waals surface area contributed by atoms with E-state index in [1.807, 2.05) is 18.2 Å². The van der Waals surface area contributed by atoms with Gasteiger partial charge in [-0.25, -0.2) is 4.39 Å². The number of halogens is 3. The topological polar surface area (TPSA) is 12.9 Å². The zero-order valence-corrected chi connectivity index (χ0v) is 12.1. The molecule has 6 heteroatoms. The fraction of sp³-hybridized carbons (Fsp3) is 0.100. The van der Waals surface area contributed by atoms with E-state index in [0.29, 0.717) is 0 Å². The molecule has 0 saturated heterocycles. The molecule has 0 N–H and O–H groups in total. The van der Waals surface area contributed by atoms with Gasteiger partial charge < -0.3 is 0 Å². The van der Waals surface area contributed by atoms with Gasteiger partial charge in [0.05, 0.1) is 0 Å². The molecule has 0 unspecified atom stereocenters. The van der Waals surface area contributed by atoms with Gasteiger partial charge in [0, 0.05) is 38.6 Å². The van der Waals surface area contributed by atoms with E-state index in [2.05, 4.69) is 4.98 Å². The molecule has 90 valence electrons. The van der Waals surface area contributed by atoms with Crippen LogP contribution in [0.25, 0.3) is 0 Å². The molecule has 16 heavy (non-hydrogen) atoms. The maximum absolute atomic E-state index is 11.7. The van der Waals surface area contributed by atoms with Gasteiger partial charge in [-0.05, 0) is 41.7 Å². The Kier molecular flexibility index (Phi) is 27.7. The van der Waals surface area contributed by atoms with Gasteiger partial charge in [-0.3, -0.25) is 4.98 Å². The molecule has 0 saturated carbocycles. The number of allylic oxidation sites excluding steroid dienone is 4. The molecule has 1 aromatic rings. The van der Waals surface area contributed by atoms with Crippen LogP contribution in [0.5, 0.6) is 0 Å². The van der Waals surface area contributed by atoms with Gasteiger partial charge in [-0.1, -0.05) is 12.1 Å². The first-order valence-corrected chi connectivity index (χ1v) is 3.77. The summed E-state index contributed by atoms with van der Waals surface area (Å²) in [6.45, 7) is 0. The van der Waals surface area contributed by atoms with Crippen LogP contribution in [-0.4, -0.2) is 15.9 Å². The van der Waals surface area contributed by atoms with Crippen molar-refractivity contribution < 1.29 is 30.6 Å². The third-order valence-corrected chi connectivity index (χ3v) is 1.29. The van der Waals surface area contributed by atoms with Crippen LogP contribution in [0.3, 0.4) is 0 Å². The summed E-state index contributed by atoms with van der Waals surface area (Å²) in [4.78, 5) is 3.78. The molecular formula is C10H16Cl2FNSiZr. The number of hydrogen-bond donors (Lipinski definition) is 0. The van der Waals surface area contributed by atoms with E-state index in [1.54, 1.807) is 24.5 Å². The minimum atomic E-state index is -0.102. The Balaban J connectivity index is -0.0000000720. The average Bonchev–Trinajstić information content (AvgIpc) is 2.60. The smallest absolute Gasteiger partial charge is 0.119 e. The third-order valence-electron chi connectivity index (χ3n) is 1.29. The Labute approximate surface area is 132 Å². The van der Waals surface area contributed by atoms with Crippen molar-refractivity contribution in [1.29, 1.82) is 0 Å². The van der Waals surface area contributed by atoms with Gasteiger partial charge in [-0.2, -0.15) is 0 Å². The Morgan fingerprint density at radius 3 is 1.75 bits per heavy atom. The Hall–Kier alpha value is 0.240. The largest absolute Gasteiger partial charge is 0.265 e. The summed E-state index contributed by atoms with van der Waals surface area (Å²) in [5.41, 5.74) is 0. The van der Waals surface area contributed by atoms with Gasteiger partial charge in [-0.15, -0.1) is 24.8 Å². The van der Waals surface area contributed by atoms with E-state index in [4.69, 9.17) is 0 Å². The normalized spacial score (nSPS) is 9.94. The van der Waals surface area contributed by atoms with Crippen molar-refractivity contribution in [3.8, 4) is 0 Å². The number of hydrogen-bond acceptors (Lipinski definition) is 1. The second-order valence-corrected chi connectivity index (χ2v) is 2.25. The average molecular weight is 359 g/mol. The SMILES string of the molecule is Cl.Cl.FC1=CCC=C1.[SiH4].[Zr].c1ccncc1. The van der Waals surface area contributed by atoms with Gasteiger partial charge in [0.25, 0.3) is 0 Å². The summed E-state index contributed by atoms with van der Waals surface area (Å²) >= 11 is 0. The maximum Gasteiger partial charge on any atom is 0.119 e. The van der Waals surface area contributed by atoms with Gasteiger partial charge in [0.2, 0.25) is 0 Å². The molecule has 0 atom stereocenters. The molecule has 0 spiro atoms. The van der Waals surface area contributed by atoms with Gasteiger partial charge in [0.1, 0.15) is 5.83 Å².